The number of halogens is 1. The van der Waals surface area contributed by atoms with Crippen molar-refractivity contribution in [3.63, 3.8) is 0 Å². The summed E-state index contributed by atoms with van der Waals surface area (Å²) in [7, 11) is 0. The largest absolute Gasteiger partial charge is 0.412 e. The smallest absolute Gasteiger partial charge is 0.410 e. The average molecular weight is 376 g/mol. The van der Waals surface area contributed by atoms with Gasteiger partial charge in [-0.1, -0.05) is 54.6 Å². The Morgan fingerprint density at radius 2 is 1.75 bits per heavy atom. The van der Waals surface area contributed by atoms with Crippen LogP contribution in [0.15, 0.2) is 72.8 Å². The molecule has 0 spiro atoms. The number of ether oxygens (including phenoxy) is 1. The molecule has 0 atom stereocenters. The summed E-state index contributed by atoms with van der Waals surface area (Å²) in [6.07, 6.45) is 0.276. The Balaban J connectivity index is 1.38. The molecule has 0 bridgehead atoms. The number of anilines is 1. The van der Waals surface area contributed by atoms with Crippen LogP contribution < -0.4 is 15.0 Å². The Labute approximate surface area is 163 Å². The fourth-order valence-electron chi connectivity index (χ4n) is 3.42. The molecule has 28 heavy (non-hydrogen) atoms. The Morgan fingerprint density at radius 3 is 2.54 bits per heavy atom. The first kappa shape index (κ1) is 18.0. The maximum Gasteiger partial charge on any atom is 0.412 e. The molecule has 5 heteroatoms. The molecule has 4 nitrogen and oxygen atoms in total. The van der Waals surface area contributed by atoms with Gasteiger partial charge in [-0.2, -0.15) is 0 Å². The molecule has 1 N–H and O–H groups in total. The van der Waals surface area contributed by atoms with Crippen LogP contribution in [0.3, 0.4) is 0 Å². The molecule has 3 aromatic carbocycles. The summed E-state index contributed by atoms with van der Waals surface area (Å²) in [4.78, 5) is 14.0. The van der Waals surface area contributed by atoms with Gasteiger partial charge in [-0.15, -0.1) is 0 Å². The van der Waals surface area contributed by atoms with Crippen molar-refractivity contribution < 1.29 is 13.9 Å². The second kappa shape index (κ2) is 8.13. The molecule has 1 aliphatic rings. The molecular formula is C23H21FN2O2. The van der Waals surface area contributed by atoms with Gasteiger partial charge in [0.2, 0.25) is 0 Å². The number of nitrogens with zero attached hydrogens (tertiary/aromatic N) is 1. The van der Waals surface area contributed by atoms with E-state index in [-0.39, 0.29) is 5.75 Å². The highest BCUT2D eigenvalue weighted by atomic mass is 19.1. The van der Waals surface area contributed by atoms with Crippen molar-refractivity contribution in [1.82, 2.24) is 5.32 Å². The highest BCUT2D eigenvalue weighted by Gasteiger charge is 2.19. The van der Waals surface area contributed by atoms with Gasteiger partial charge in [-0.05, 0) is 35.2 Å². The normalized spacial score (nSPS) is 13.0. The summed E-state index contributed by atoms with van der Waals surface area (Å²) in [5.41, 5.74) is 4.01. The molecule has 1 aliphatic heterocycles. The van der Waals surface area contributed by atoms with Crippen LogP contribution in [0.5, 0.6) is 5.75 Å². The van der Waals surface area contributed by atoms with Gasteiger partial charge in [0.1, 0.15) is 11.6 Å². The minimum Gasteiger partial charge on any atom is -0.410 e. The highest BCUT2D eigenvalue weighted by molar-refractivity contribution is 5.70. The predicted octanol–water partition coefficient (Wildman–Crippen LogP) is 4.68. The van der Waals surface area contributed by atoms with E-state index in [4.69, 9.17) is 4.74 Å². The minimum absolute atomic E-state index is 0.184. The summed E-state index contributed by atoms with van der Waals surface area (Å²) >= 11 is 0. The average Bonchev–Trinajstić information content (AvgIpc) is 2.73. The number of nitrogens with one attached hydrogen (secondary N) is 1. The van der Waals surface area contributed by atoms with Crippen molar-refractivity contribution in [3.8, 4) is 5.75 Å². The molecule has 0 aliphatic carbocycles. The lowest BCUT2D eigenvalue weighted by molar-refractivity contribution is 0.200. The number of amides is 1. The molecule has 1 heterocycles. The Hall–Kier alpha value is -3.34. The van der Waals surface area contributed by atoms with Gasteiger partial charge in [0, 0.05) is 25.7 Å². The van der Waals surface area contributed by atoms with Crippen LogP contribution >= 0.6 is 0 Å². The van der Waals surface area contributed by atoms with Gasteiger partial charge in [0.15, 0.2) is 0 Å². The van der Waals surface area contributed by atoms with Gasteiger partial charge in [-0.3, -0.25) is 0 Å². The SMILES string of the molecule is O=C(NCc1ccccc1)Oc1ccc(N2CCc3ccccc3C2)c(F)c1. The zero-order valence-corrected chi connectivity index (χ0v) is 15.4. The van der Waals surface area contributed by atoms with Crippen molar-refractivity contribution in [2.45, 2.75) is 19.5 Å². The molecule has 142 valence electrons. The second-order valence-electron chi connectivity index (χ2n) is 6.78. The molecule has 0 radical (unpaired) electrons. The topological polar surface area (TPSA) is 41.6 Å². The number of rotatable bonds is 4. The lowest BCUT2D eigenvalue weighted by atomic mass is 9.99. The molecule has 0 saturated carbocycles. The van der Waals surface area contributed by atoms with Crippen LogP contribution in [0.2, 0.25) is 0 Å². The van der Waals surface area contributed by atoms with Gasteiger partial charge in [0.05, 0.1) is 5.69 Å². The van der Waals surface area contributed by atoms with Crippen LogP contribution in [-0.2, 0) is 19.5 Å². The first-order valence-electron chi connectivity index (χ1n) is 9.30. The maximum absolute atomic E-state index is 14.7. The molecule has 1 amide bonds. The van der Waals surface area contributed by atoms with Crippen molar-refractivity contribution in [3.05, 3.63) is 95.3 Å². The van der Waals surface area contributed by atoms with Gasteiger partial charge in [-0.25, -0.2) is 9.18 Å². The summed E-state index contributed by atoms with van der Waals surface area (Å²) in [5, 5.41) is 2.66. The minimum atomic E-state index is -0.608. The summed E-state index contributed by atoms with van der Waals surface area (Å²) in [6.45, 7) is 1.78. The van der Waals surface area contributed by atoms with Crippen molar-refractivity contribution in [1.29, 1.82) is 0 Å². The van der Waals surface area contributed by atoms with Crippen molar-refractivity contribution in [2.24, 2.45) is 0 Å². The Kier molecular flexibility index (Phi) is 5.24. The Bertz CT molecular complexity index is 975. The fourth-order valence-corrected chi connectivity index (χ4v) is 3.42. The molecule has 0 unspecified atom stereocenters. The second-order valence-corrected chi connectivity index (χ2v) is 6.78. The van der Waals surface area contributed by atoms with Crippen LogP contribution in [0, 0.1) is 5.82 Å². The number of fused-ring (bicyclic) bond motifs is 1. The quantitative estimate of drug-likeness (QED) is 0.719. The lowest BCUT2D eigenvalue weighted by Crippen LogP contribution is -2.31. The van der Waals surface area contributed by atoms with E-state index in [9.17, 15) is 9.18 Å². The first-order chi connectivity index (χ1) is 13.7. The molecular weight excluding hydrogens is 355 g/mol. The molecule has 3 aromatic rings. The van der Waals surface area contributed by atoms with Gasteiger partial charge >= 0.3 is 6.09 Å². The van der Waals surface area contributed by atoms with E-state index >= 15 is 0 Å². The number of carbonyl (C=O) groups excluding carboxylic acids is 1. The number of benzene rings is 3. The third-order valence-corrected chi connectivity index (χ3v) is 4.88. The number of hydrogen-bond acceptors (Lipinski definition) is 3. The van der Waals surface area contributed by atoms with E-state index in [1.807, 2.05) is 47.4 Å². The van der Waals surface area contributed by atoms with Crippen molar-refractivity contribution >= 4 is 11.8 Å². The van der Waals surface area contributed by atoms with E-state index in [0.717, 1.165) is 18.5 Å². The lowest BCUT2D eigenvalue weighted by Gasteiger charge is -2.31. The summed E-state index contributed by atoms with van der Waals surface area (Å²) in [5.74, 6) is -0.211. The highest BCUT2D eigenvalue weighted by Crippen LogP contribution is 2.29. The van der Waals surface area contributed by atoms with E-state index in [0.29, 0.717) is 18.8 Å². The maximum atomic E-state index is 14.7. The van der Waals surface area contributed by atoms with Gasteiger partial charge in [0.25, 0.3) is 0 Å². The molecule has 4 rings (SSSR count). The summed E-state index contributed by atoms with van der Waals surface area (Å²) in [6, 6.07) is 22.3. The molecule has 0 aromatic heterocycles. The van der Waals surface area contributed by atoms with Crippen LogP contribution in [0.1, 0.15) is 16.7 Å². The van der Waals surface area contributed by atoms with E-state index in [1.54, 1.807) is 12.1 Å². The first-order valence-corrected chi connectivity index (χ1v) is 9.30. The van der Waals surface area contributed by atoms with Gasteiger partial charge < -0.3 is 15.0 Å². The summed E-state index contributed by atoms with van der Waals surface area (Å²) < 4.78 is 19.9. The van der Waals surface area contributed by atoms with E-state index in [2.05, 4.69) is 17.4 Å². The third-order valence-electron chi connectivity index (χ3n) is 4.88. The zero-order valence-electron chi connectivity index (χ0n) is 15.4. The third kappa shape index (κ3) is 4.14. The monoisotopic (exact) mass is 376 g/mol. The van der Waals surface area contributed by atoms with E-state index in [1.165, 1.54) is 17.2 Å². The fraction of sp³-hybridized carbons (Fsp3) is 0.174. The predicted molar refractivity (Wildman–Crippen MR) is 107 cm³/mol. The van der Waals surface area contributed by atoms with Crippen LogP contribution in [-0.4, -0.2) is 12.6 Å². The Morgan fingerprint density at radius 1 is 1.00 bits per heavy atom. The standard InChI is InChI=1S/C23H21FN2O2/c24-21-14-20(28-23(27)25-15-17-6-2-1-3-7-17)10-11-22(21)26-13-12-18-8-4-5-9-19(18)16-26/h1-11,14H,12-13,15-16H2,(H,25,27). The van der Waals surface area contributed by atoms with Crippen LogP contribution in [0.4, 0.5) is 14.9 Å². The number of hydrogen-bond donors (Lipinski definition) is 1. The van der Waals surface area contributed by atoms with Crippen LogP contribution in [0.25, 0.3) is 0 Å². The molecule has 0 saturated heterocycles. The van der Waals surface area contributed by atoms with E-state index < -0.39 is 11.9 Å². The zero-order chi connectivity index (χ0) is 19.3. The molecule has 0 fully saturated rings. The number of carbonyl (C=O) groups is 1. The van der Waals surface area contributed by atoms with Crippen molar-refractivity contribution in [2.75, 3.05) is 11.4 Å².